The number of alkyl carbamates (subject to hydrolysis) is 1. The van der Waals surface area contributed by atoms with Crippen LogP contribution in [0.1, 0.15) is 62.0 Å². The van der Waals surface area contributed by atoms with Crippen molar-refractivity contribution in [2.24, 2.45) is 11.8 Å². The molecule has 0 aliphatic heterocycles. The van der Waals surface area contributed by atoms with Gasteiger partial charge in [-0.15, -0.1) is 0 Å². The van der Waals surface area contributed by atoms with Gasteiger partial charge in [-0.3, -0.25) is 9.59 Å². The number of benzene rings is 2. The summed E-state index contributed by atoms with van der Waals surface area (Å²) in [5.41, 5.74) is 4.71. The highest BCUT2D eigenvalue weighted by atomic mass is 16.5. The van der Waals surface area contributed by atoms with E-state index >= 15 is 0 Å². The summed E-state index contributed by atoms with van der Waals surface area (Å²) in [6.07, 6.45) is 4.60. The van der Waals surface area contributed by atoms with Gasteiger partial charge in [0.2, 0.25) is 5.91 Å². The Morgan fingerprint density at radius 1 is 0.857 bits per heavy atom. The third kappa shape index (κ3) is 4.90. The molecule has 4 atom stereocenters. The molecule has 0 unspecified atom stereocenters. The van der Waals surface area contributed by atoms with E-state index in [9.17, 15) is 19.5 Å². The van der Waals surface area contributed by atoms with E-state index in [2.05, 4.69) is 34.9 Å². The normalized spacial score (nSPS) is 25.4. The largest absolute Gasteiger partial charge is 0.481 e. The molecule has 0 heterocycles. The van der Waals surface area contributed by atoms with Gasteiger partial charge in [-0.1, -0.05) is 61.4 Å². The zero-order valence-electron chi connectivity index (χ0n) is 19.7. The van der Waals surface area contributed by atoms with Gasteiger partial charge in [0.15, 0.2) is 0 Å². The van der Waals surface area contributed by atoms with Crippen LogP contribution >= 0.6 is 0 Å². The van der Waals surface area contributed by atoms with E-state index in [1.54, 1.807) is 0 Å². The van der Waals surface area contributed by atoms with Gasteiger partial charge >= 0.3 is 12.1 Å². The van der Waals surface area contributed by atoms with Crippen LogP contribution < -0.4 is 10.6 Å². The topological polar surface area (TPSA) is 105 Å². The first-order chi connectivity index (χ1) is 17.0. The maximum absolute atomic E-state index is 12.8. The Bertz CT molecular complexity index is 1070. The first kappa shape index (κ1) is 23.4. The molecule has 0 spiro atoms. The minimum absolute atomic E-state index is 0.00613. The number of ether oxygens (including phenoxy) is 1. The number of hydrogen-bond donors (Lipinski definition) is 3. The molecule has 5 rings (SSSR count). The molecule has 2 aromatic rings. The molecule has 3 aliphatic carbocycles. The summed E-state index contributed by atoms with van der Waals surface area (Å²) < 4.78 is 5.67. The van der Waals surface area contributed by atoms with E-state index in [1.165, 1.54) is 22.3 Å². The Morgan fingerprint density at radius 3 is 2.20 bits per heavy atom. The number of rotatable bonds is 6. The van der Waals surface area contributed by atoms with Crippen LogP contribution in [-0.4, -0.2) is 41.8 Å². The summed E-state index contributed by atoms with van der Waals surface area (Å²) in [6, 6.07) is 16.0. The van der Waals surface area contributed by atoms with Crippen LogP contribution in [0.15, 0.2) is 48.5 Å². The minimum Gasteiger partial charge on any atom is -0.481 e. The molecular formula is C28H32N2O5. The summed E-state index contributed by atoms with van der Waals surface area (Å²) in [5, 5.41) is 15.3. The van der Waals surface area contributed by atoms with Crippen molar-refractivity contribution in [3.8, 4) is 11.1 Å². The van der Waals surface area contributed by atoms with E-state index in [0.29, 0.717) is 19.3 Å². The SMILES string of the molecule is O=C(N[C@@H]1CCC[C@@H](C(=O)N[C@@H]2CCC[C@@H]2C(=O)O)C1)OCC1c2ccccc2-c2ccccc21. The lowest BCUT2D eigenvalue weighted by Gasteiger charge is -2.30. The molecule has 0 radical (unpaired) electrons. The second-order valence-electron chi connectivity index (χ2n) is 10.0. The maximum Gasteiger partial charge on any atom is 0.407 e. The maximum atomic E-state index is 12.8. The zero-order chi connectivity index (χ0) is 24.4. The molecule has 0 saturated heterocycles. The molecule has 3 aliphatic rings. The van der Waals surface area contributed by atoms with Crippen molar-refractivity contribution in [3.63, 3.8) is 0 Å². The van der Waals surface area contributed by atoms with Gasteiger partial charge in [0.25, 0.3) is 0 Å². The van der Waals surface area contributed by atoms with Gasteiger partial charge in [-0.05, 0) is 54.4 Å². The van der Waals surface area contributed by atoms with Crippen molar-refractivity contribution in [1.29, 1.82) is 0 Å². The number of carbonyl (C=O) groups excluding carboxylic acids is 2. The number of carboxylic acid groups (broad SMARTS) is 1. The smallest absolute Gasteiger partial charge is 0.407 e. The average Bonchev–Trinajstić information content (AvgIpc) is 3.45. The third-order valence-corrected chi connectivity index (χ3v) is 7.87. The lowest BCUT2D eigenvalue weighted by Crippen LogP contribution is -2.46. The summed E-state index contributed by atoms with van der Waals surface area (Å²) in [5.74, 6) is -1.66. The minimum atomic E-state index is -0.841. The van der Waals surface area contributed by atoms with Gasteiger partial charge < -0.3 is 20.5 Å². The highest BCUT2D eigenvalue weighted by Gasteiger charge is 2.36. The lowest BCUT2D eigenvalue weighted by molar-refractivity contribution is -0.142. The van der Waals surface area contributed by atoms with Gasteiger partial charge in [-0.2, -0.15) is 0 Å². The van der Waals surface area contributed by atoms with Crippen LogP contribution in [0.3, 0.4) is 0 Å². The molecule has 184 valence electrons. The molecule has 2 fully saturated rings. The van der Waals surface area contributed by atoms with Crippen LogP contribution in [0, 0.1) is 11.8 Å². The summed E-state index contributed by atoms with van der Waals surface area (Å²) in [6.45, 7) is 0.259. The highest BCUT2D eigenvalue weighted by molar-refractivity contribution is 5.81. The third-order valence-electron chi connectivity index (χ3n) is 7.87. The molecule has 2 amide bonds. The van der Waals surface area contributed by atoms with E-state index in [4.69, 9.17) is 4.74 Å². The first-order valence-electron chi connectivity index (χ1n) is 12.7. The molecule has 0 aromatic heterocycles. The monoisotopic (exact) mass is 476 g/mol. The zero-order valence-corrected chi connectivity index (χ0v) is 19.7. The van der Waals surface area contributed by atoms with Crippen LogP contribution in [0.2, 0.25) is 0 Å². The number of nitrogens with one attached hydrogen (secondary N) is 2. The Morgan fingerprint density at radius 2 is 1.51 bits per heavy atom. The Hall–Kier alpha value is -3.35. The number of carbonyl (C=O) groups is 3. The molecule has 2 saturated carbocycles. The average molecular weight is 477 g/mol. The van der Waals surface area contributed by atoms with Crippen molar-refractivity contribution < 1.29 is 24.2 Å². The number of aliphatic carboxylic acids is 1. The van der Waals surface area contributed by atoms with E-state index in [0.717, 1.165) is 25.7 Å². The number of hydrogen-bond acceptors (Lipinski definition) is 4. The van der Waals surface area contributed by atoms with Crippen molar-refractivity contribution in [3.05, 3.63) is 59.7 Å². The number of carboxylic acids is 1. The Labute approximate surface area is 205 Å². The fourth-order valence-electron chi connectivity index (χ4n) is 6.09. The molecule has 7 nitrogen and oxygen atoms in total. The fraction of sp³-hybridized carbons (Fsp3) is 0.464. The molecule has 0 bridgehead atoms. The Balaban J connectivity index is 1.14. The van der Waals surface area contributed by atoms with Crippen LogP contribution in [0.5, 0.6) is 0 Å². The van der Waals surface area contributed by atoms with Crippen molar-refractivity contribution in [2.75, 3.05) is 6.61 Å². The van der Waals surface area contributed by atoms with E-state index in [1.807, 2.05) is 24.3 Å². The van der Waals surface area contributed by atoms with Gasteiger partial charge in [0.05, 0.1) is 5.92 Å². The molecule has 35 heavy (non-hydrogen) atoms. The van der Waals surface area contributed by atoms with Crippen molar-refractivity contribution in [1.82, 2.24) is 10.6 Å². The lowest BCUT2D eigenvalue weighted by atomic mass is 9.85. The number of fused-ring (bicyclic) bond motifs is 3. The van der Waals surface area contributed by atoms with Gasteiger partial charge in [-0.25, -0.2) is 4.79 Å². The summed E-state index contributed by atoms with van der Waals surface area (Å²) in [7, 11) is 0. The highest BCUT2D eigenvalue weighted by Crippen LogP contribution is 2.44. The first-order valence-corrected chi connectivity index (χ1v) is 12.7. The quantitative estimate of drug-likeness (QED) is 0.571. The Kier molecular flexibility index (Phi) is 6.75. The standard InChI is InChI=1S/C28H32N2O5/c31-26(30-25-14-6-13-23(25)27(32)33)17-7-5-8-18(15-17)29-28(34)35-16-24-21-11-3-1-9-19(21)20-10-2-4-12-22(20)24/h1-4,9-12,17-18,23-25H,5-8,13-16H2,(H,29,34)(H,30,31)(H,32,33)/t17-,18-,23+,25-/m1/s1. The van der Waals surface area contributed by atoms with Crippen LogP contribution in [-0.2, 0) is 14.3 Å². The van der Waals surface area contributed by atoms with Crippen LogP contribution in [0.4, 0.5) is 4.79 Å². The fourth-order valence-corrected chi connectivity index (χ4v) is 6.09. The molecule has 7 heteroatoms. The predicted octanol–water partition coefficient (Wildman–Crippen LogP) is 4.45. The van der Waals surface area contributed by atoms with E-state index < -0.39 is 18.0 Å². The van der Waals surface area contributed by atoms with Gasteiger partial charge in [0, 0.05) is 23.9 Å². The molecular weight excluding hydrogens is 444 g/mol. The summed E-state index contributed by atoms with van der Waals surface area (Å²) in [4.78, 5) is 36.9. The second-order valence-corrected chi connectivity index (χ2v) is 10.0. The molecule has 2 aromatic carbocycles. The van der Waals surface area contributed by atoms with Crippen molar-refractivity contribution in [2.45, 2.75) is 62.9 Å². The van der Waals surface area contributed by atoms with Gasteiger partial charge in [0.1, 0.15) is 6.61 Å². The summed E-state index contributed by atoms with van der Waals surface area (Å²) >= 11 is 0. The van der Waals surface area contributed by atoms with Crippen molar-refractivity contribution >= 4 is 18.0 Å². The number of amides is 2. The van der Waals surface area contributed by atoms with E-state index in [-0.39, 0.29) is 36.4 Å². The molecule has 3 N–H and O–H groups in total. The second kappa shape index (κ2) is 10.1. The predicted molar refractivity (Wildman–Crippen MR) is 131 cm³/mol. The van der Waals surface area contributed by atoms with Crippen LogP contribution in [0.25, 0.3) is 11.1 Å².